The number of anilines is 3. The average molecular weight is 426 g/mol. The van der Waals surface area contributed by atoms with Gasteiger partial charge in [0.2, 0.25) is 5.95 Å². The highest BCUT2D eigenvalue weighted by atomic mass is 32.1. The summed E-state index contributed by atoms with van der Waals surface area (Å²) in [6.07, 6.45) is 1.60. The number of hydrogen-bond acceptors (Lipinski definition) is 8. The number of benzene rings is 1. The molecule has 1 fully saturated rings. The van der Waals surface area contributed by atoms with Gasteiger partial charge in [0.15, 0.2) is 5.13 Å². The van der Waals surface area contributed by atoms with Gasteiger partial charge in [-0.15, -0.1) is 0 Å². The molecule has 0 aliphatic carbocycles. The number of thiazole rings is 1. The van der Waals surface area contributed by atoms with E-state index in [1.165, 1.54) is 16.9 Å². The number of nitrogens with one attached hydrogen (secondary N) is 2. The lowest BCUT2D eigenvalue weighted by atomic mass is 10.2. The number of amides is 2. The third kappa shape index (κ3) is 5.09. The molecule has 10 heteroatoms. The molecule has 2 amide bonds. The number of nitrogens with zero attached hydrogens (tertiary/aromatic N) is 4. The fourth-order valence-corrected chi connectivity index (χ4v) is 4.09. The van der Waals surface area contributed by atoms with Crippen LogP contribution in [0.5, 0.6) is 0 Å². The van der Waals surface area contributed by atoms with Crippen LogP contribution >= 0.6 is 11.3 Å². The van der Waals surface area contributed by atoms with E-state index in [0.29, 0.717) is 10.8 Å². The summed E-state index contributed by atoms with van der Waals surface area (Å²) in [6, 6.07) is 9.26. The number of carbonyl (C=O) groups is 1. The molecule has 2 aromatic heterocycles. The number of hydrogen-bond donors (Lipinski definition) is 3. The van der Waals surface area contributed by atoms with E-state index in [1.54, 1.807) is 12.3 Å². The van der Waals surface area contributed by atoms with Gasteiger partial charge in [-0.2, -0.15) is 0 Å². The highest BCUT2D eigenvalue weighted by molar-refractivity contribution is 7.19. The molecule has 0 bridgehead atoms. The molecule has 0 unspecified atom stereocenters. The molecule has 1 aromatic carbocycles. The standard InChI is InChI=1S/C20H23N7O2S/c1-13-17(16-6-7-22-18(21)25-16)30-20(23-13)26-19(28)24-15-4-2-14(3-5-15)12-27-8-10-29-11-9-27/h2-7H,8-12H2,1H3,(H2,21,22,25)(H2,23,24,26,28). The number of morpholine rings is 1. The number of urea groups is 1. The lowest BCUT2D eigenvalue weighted by molar-refractivity contribution is 0.0342. The van der Waals surface area contributed by atoms with Crippen molar-refractivity contribution in [1.82, 2.24) is 19.9 Å². The summed E-state index contributed by atoms with van der Waals surface area (Å²) in [6.45, 7) is 6.19. The highest BCUT2D eigenvalue weighted by Crippen LogP contribution is 2.31. The Morgan fingerprint density at radius 2 is 1.93 bits per heavy atom. The summed E-state index contributed by atoms with van der Waals surface area (Å²) in [5.74, 6) is 0.199. The Hall–Kier alpha value is -3.08. The van der Waals surface area contributed by atoms with Gasteiger partial charge in [-0.25, -0.2) is 19.7 Å². The number of ether oxygens (including phenoxy) is 1. The van der Waals surface area contributed by atoms with Gasteiger partial charge in [0.1, 0.15) is 0 Å². The molecule has 30 heavy (non-hydrogen) atoms. The van der Waals surface area contributed by atoms with Crippen LogP contribution in [-0.2, 0) is 11.3 Å². The smallest absolute Gasteiger partial charge is 0.325 e. The average Bonchev–Trinajstić information content (AvgIpc) is 3.10. The van der Waals surface area contributed by atoms with Crippen LogP contribution in [0.15, 0.2) is 36.5 Å². The van der Waals surface area contributed by atoms with Gasteiger partial charge in [-0.05, 0) is 30.7 Å². The van der Waals surface area contributed by atoms with E-state index in [9.17, 15) is 4.79 Å². The van der Waals surface area contributed by atoms with E-state index in [1.807, 2.05) is 31.2 Å². The zero-order chi connectivity index (χ0) is 20.9. The van der Waals surface area contributed by atoms with Gasteiger partial charge >= 0.3 is 6.03 Å². The van der Waals surface area contributed by atoms with Crippen molar-refractivity contribution in [3.8, 4) is 10.6 Å². The van der Waals surface area contributed by atoms with E-state index < -0.39 is 0 Å². The first-order valence-electron chi connectivity index (χ1n) is 9.60. The number of nitrogens with two attached hydrogens (primary N) is 1. The molecule has 4 N–H and O–H groups in total. The Labute approximate surface area is 178 Å². The van der Waals surface area contributed by atoms with Gasteiger partial charge in [-0.3, -0.25) is 10.2 Å². The topological polar surface area (TPSA) is 118 Å². The fraction of sp³-hybridized carbons (Fsp3) is 0.300. The van der Waals surface area contributed by atoms with E-state index in [4.69, 9.17) is 10.5 Å². The van der Waals surface area contributed by atoms with Gasteiger partial charge < -0.3 is 15.8 Å². The van der Waals surface area contributed by atoms with Crippen molar-refractivity contribution in [2.24, 2.45) is 0 Å². The summed E-state index contributed by atoms with van der Waals surface area (Å²) in [5.41, 5.74) is 9.02. The van der Waals surface area contributed by atoms with Crippen LogP contribution in [0.3, 0.4) is 0 Å². The Kier molecular flexibility index (Phi) is 6.17. The Morgan fingerprint density at radius 1 is 1.17 bits per heavy atom. The summed E-state index contributed by atoms with van der Waals surface area (Å²) >= 11 is 1.34. The normalized spacial score (nSPS) is 14.4. The first-order chi connectivity index (χ1) is 14.6. The lowest BCUT2D eigenvalue weighted by Crippen LogP contribution is -2.35. The molecule has 1 aliphatic heterocycles. The van der Waals surface area contributed by atoms with Crippen LogP contribution in [0, 0.1) is 6.92 Å². The molecule has 3 heterocycles. The molecular formula is C20H23N7O2S. The first kappa shape index (κ1) is 20.2. The van der Waals surface area contributed by atoms with Crippen molar-refractivity contribution in [1.29, 1.82) is 0 Å². The highest BCUT2D eigenvalue weighted by Gasteiger charge is 2.14. The SMILES string of the molecule is Cc1nc(NC(=O)Nc2ccc(CN3CCOCC3)cc2)sc1-c1ccnc(N)n1. The third-order valence-corrected chi connectivity index (χ3v) is 5.74. The molecule has 9 nitrogen and oxygen atoms in total. The van der Waals surface area contributed by atoms with Crippen molar-refractivity contribution in [3.05, 3.63) is 47.8 Å². The second kappa shape index (κ2) is 9.16. The predicted octanol–water partition coefficient (Wildman–Crippen LogP) is 2.97. The van der Waals surface area contributed by atoms with E-state index in [-0.39, 0.29) is 12.0 Å². The minimum absolute atomic E-state index is 0.199. The summed E-state index contributed by atoms with van der Waals surface area (Å²) in [7, 11) is 0. The molecule has 156 valence electrons. The maximum absolute atomic E-state index is 12.4. The lowest BCUT2D eigenvalue weighted by Gasteiger charge is -2.26. The largest absolute Gasteiger partial charge is 0.379 e. The van der Waals surface area contributed by atoms with Gasteiger partial charge in [-0.1, -0.05) is 23.5 Å². The van der Waals surface area contributed by atoms with Gasteiger partial charge in [0.25, 0.3) is 0 Å². The fourth-order valence-electron chi connectivity index (χ4n) is 3.16. The zero-order valence-electron chi connectivity index (χ0n) is 16.6. The van der Waals surface area contributed by atoms with Crippen molar-refractivity contribution < 1.29 is 9.53 Å². The van der Waals surface area contributed by atoms with Crippen molar-refractivity contribution in [2.45, 2.75) is 13.5 Å². The molecule has 4 rings (SSSR count). The Morgan fingerprint density at radius 3 is 2.67 bits per heavy atom. The van der Waals surface area contributed by atoms with Gasteiger partial charge in [0, 0.05) is 31.5 Å². The van der Waals surface area contributed by atoms with E-state index in [0.717, 1.165) is 49.1 Å². The van der Waals surface area contributed by atoms with Crippen LogP contribution in [0.2, 0.25) is 0 Å². The molecule has 3 aromatic rings. The van der Waals surface area contributed by atoms with Crippen LogP contribution in [-0.4, -0.2) is 52.2 Å². The molecule has 0 saturated carbocycles. The van der Waals surface area contributed by atoms with E-state index in [2.05, 4.69) is 30.5 Å². The maximum atomic E-state index is 12.4. The quantitative estimate of drug-likeness (QED) is 0.575. The third-order valence-electron chi connectivity index (χ3n) is 4.65. The Balaban J connectivity index is 1.35. The van der Waals surface area contributed by atoms with Crippen molar-refractivity contribution >= 4 is 34.1 Å². The summed E-state index contributed by atoms with van der Waals surface area (Å²) in [4.78, 5) is 28.1. The van der Waals surface area contributed by atoms with Crippen LogP contribution in [0.4, 0.5) is 21.6 Å². The second-order valence-electron chi connectivity index (χ2n) is 6.90. The van der Waals surface area contributed by atoms with Crippen molar-refractivity contribution in [3.63, 3.8) is 0 Å². The van der Waals surface area contributed by atoms with Crippen LogP contribution in [0.25, 0.3) is 10.6 Å². The van der Waals surface area contributed by atoms with Crippen LogP contribution in [0.1, 0.15) is 11.3 Å². The second-order valence-corrected chi connectivity index (χ2v) is 7.90. The first-order valence-corrected chi connectivity index (χ1v) is 10.4. The molecule has 1 aliphatic rings. The monoisotopic (exact) mass is 425 g/mol. The zero-order valence-corrected chi connectivity index (χ0v) is 17.4. The molecule has 0 spiro atoms. The molecule has 0 atom stereocenters. The van der Waals surface area contributed by atoms with Crippen molar-refractivity contribution in [2.75, 3.05) is 42.7 Å². The number of carbonyl (C=O) groups excluding carboxylic acids is 1. The van der Waals surface area contributed by atoms with E-state index >= 15 is 0 Å². The molecule has 1 saturated heterocycles. The minimum atomic E-state index is -0.349. The molecular weight excluding hydrogens is 402 g/mol. The summed E-state index contributed by atoms with van der Waals surface area (Å²) < 4.78 is 5.38. The number of aryl methyl sites for hydroxylation is 1. The number of aromatic nitrogens is 3. The van der Waals surface area contributed by atoms with Crippen LogP contribution < -0.4 is 16.4 Å². The Bertz CT molecular complexity index is 1020. The summed E-state index contributed by atoms with van der Waals surface area (Å²) in [5, 5.41) is 6.10. The molecule has 0 radical (unpaired) electrons. The predicted molar refractivity (Wildman–Crippen MR) is 117 cm³/mol. The minimum Gasteiger partial charge on any atom is -0.379 e. The number of rotatable bonds is 5. The van der Waals surface area contributed by atoms with Gasteiger partial charge in [0.05, 0.1) is 29.5 Å². The maximum Gasteiger partial charge on any atom is 0.325 e. The number of nitrogen functional groups attached to an aromatic ring is 1.